The number of hydrogen-bond acceptors (Lipinski definition) is 5. The third kappa shape index (κ3) is 5.91. The zero-order chi connectivity index (χ0) is 27.5. The summed E-state index contributed by atoms with van der Waals surface area (Å²) in [5.41, 5.74) is 3.56. The Bertz CT molecular complexity index is 1380. The van der Waals surface area contributed by atoms with E-state index >= 15 is 4.39 Å². The highest BCUT2D eigenvalue weighted by atomic mass is 19.1. The molecule has 4 aromatic rings. The van der Waals surface area contributed by atoms with Crippen LogP contribution in [0.1, 0.15) is 28.6 Å². The van der Waals surface area contributed by atoms with E-state index in [1.54, 1.807) is 50.2 Å². The monoisotopic (exact) mass is 535 g/mol. The quantitative estimate of drug-likeness (QED) is 0.305. The second kappa shape index (κ2) is 11.2. The summed E-state index contributed by atoms with van der Waals surface area (Å²) in [7, 11) is 0. The molecule has 202 valence electrons. The highest BCUT2D eigenvalue weighted by Gasteiger charge is 2.28. The number of aryl methyl sites for hydroxylation is 2. The van der Waals surface area contributed by atoms with E-state index in [-0.39, 0.29) is 17.7 Å². The summed E-state index contributed by atoms with van der Waals surface area (Å²) in [6.07, 6.45) is 0. The maximum atomic E-state index is 15.1. The highest BCUT2D eigenvalue weighted by molar-refractivity contribution is 6.00. The van der Waals surface area contributed by atoms with E-state index in [9.17, 15) is 13.6 Å². The number of halogens is 3. The lowest BCUT2D eigenvalue weighted by atomic mass is 9.96. The number of nitrogens with zero attached hydrogens (tertiary/aromatic N) is 3. The fourth-order valence-corrected chi connectivity index (χ4v) is 4.90. The van der Waals surface area contributed by atoms with E-state index in [1.165, 1.54) is 30.3 Å². The Balaban J connectivity index is 1.26. The van der Waals surface area contributed by atoms with Gasteiger partial charge >= 0.3 is 6.03 Å². The molecule has 1 aromatic heterocycles. The zero-order valence-electron chi connectivity index (χ0n) is 21.5. The van der Waals surface area contributed by atoms with Gasteiger partial charge in [-0.3, -0.25) is 4.90 Å². The molecule has 1 fully saturated rings. The minimum Gasteiger partial charge on any atom is -0.367 e. The van der Waals surface area contributed by atoms with Gasteiger partial charge in [-0.2, -0.15) is 0 Å². The fraction of sp³-hybridized carbons (Fsp3) is 0.241. The largest absolute Gasteiger partial charge is 0.367 e. The zero-order valence-corrected chi connectivity index (χ0v) is 21.5. The molecule has 2 N–H and O–H groups in total. The summed E-state index contributed by atoms with van der Waals surface area (Å²) < 4.78 is 47.4. The van der Waals surface area contributed by atoms with E-state index in [0.717, 1.165) is 11.1 Å². The molecule has 1 aliphatic heterocycles. The van der Waals surface area contributed by atoms with E-state index < -0.39 is 11.8 Å². The topological polar surface area (TPSA) is 73.6 Å². The number of rotatable bonds is 6. The Morgan fingerprint density at radius 3 is 1.95 bits per heavy atom. The Hall–Kier alpha value is -4.31. The van der Waals surface area contributed by atoms with Crippen LogP contribution in [-0.2, 0) is 0 Å². The molecule has 0 aliphatic carbocycles. The highest BCUT2D eigenvalue weighted by Crippen LogP contribution is 2.32. The van der Waals surface area contributed by atoms with Gasteiger partial charge < -0.3 is 20.1 Å². The van der Waals surface area contributed by atoms with Gasteiger partial charge in [-0.25, -0.2) is 18.0 Å². The summed E-state index contributed by atoms with van der Waals surface area (Å²) in [4.78, 5) is 16.6. The fourth-order valence-electron chi connectivity index (χ4n) is 4.90. The van der Waals surface area contributed by atoms with Gasteiger partial charge in [-0.05, 0) is 67.4 Å². The summed E-state index contributed by atoms with van der Waals surface area (Å²) >= 11 is 0. The normalized spacial score (nSPS) is 14.1. The van der Waals surface area contributed by atoms with Gasteiger partial charge in [0.25, 0.3) is 0 Å². The summed E-state index contributed by atoms with van der Waals surface area (Å²) in [5, 5.41) is 9.09. The van der Waals surface area contributed by atoms with Crippen molar-refractivity contribution in [2.75, 3.05) is 41.7 Å². The third-order valence-electron chi connectivity index (χ3n) is 6.87. The Labute approximate surface area is 224 Å². The lowest BCUT2D eigenvalue weighted by molar-refractivity contribution is 0.212. The number of urea groups is 1. The molecule has 39 heavy (non-hydrogen) atoms. The molecule has 2 heterocycles. The van der Waals surface area contributed by atoms with E-state index in [2.05, 4.69) is 20.7 Å². The molecule has 3 aromatic carbocycles. The molecular formula is C29H28F3N5O2. The van der Waals surface area contributed by atoms with Crippen LogP contribution in [0.2, 0.25) is 0 Å². The first-order valence-electron chi connectivity index (χ1n) is 12.6. The van der Waals surface area contributed by atoms with Crippen molar-refractivity contribution in [3.05, 3.63) is 107 Å². The smallest absolute Gasteiger partial charge is 0.323 e. The molecule has 10 heteroatoms. The number of carbonyl (C=O) groups is 1. The number of anilines is 3. The van der Waals surface area contributed by atoms with E-state index in [4.69, 9.17) is 4.52 Å². The molecule has 2 amide bonds. The van der Waals surface area contributed by atoms with Gasteiger partial charge in [0.15, 0.2) is 5.76 Å². The lowest BCUT2D eigenvalue weighted by Crippen LogP contribution is -2.48. The maximum absolute atomic E-state index is 15.1. The van der Waals surface area contributed by atoms with Crippen LogP contribution in [0.4, 0.5) is 35.0 Å². The third-order valence-corrected chi connectivity index (χ3v) is 6.87. The number of nitrogens with one attached hydrogen (secondary N) is 2. The van der Waals surface area contributed by atoms with Crippen LogP contribution in [0.5, 0.6) is 0 Å². The first-order valence-corrected chi connectivity index (χ1v) is 12.6. The molecule has 0 bridgehead atoms. The minimum atomic E-state index is -0.530. The van der Waals surface area contributed by atoms with Crippen molar-refractivity contribution in [2.24, 2.45) is 0 Å². The van der Waals surface area contributed by atoms with Crippen LogP contribution in [0.25, 0.3) is 0 Å². The number of hydrogen-bond donors (Lipinski definition) is 2. The number of aromatic nitrogens is 1. The summed E-state index contributed by atoms with van der Waals surface area (Å²) in [5.74, 6) is -0.622. The van der Waals surface area contributed by atoms with Crippen LogP contribution >= 0.6 is 0 Å². The standard InChI is InChI=1S/C29H28F3N5O2/c1-18-27(19(2)39-35-18)34-29(38)33-24-11-12-26(25(32)17-24)36-13-15-37(16-14-36)28(20-3-7-22(30)8-4-20)21-5-9-23(31)10-6-21/h3-12,17,28H,13-16H2,1-2H3,(H2,33,34,38). The SMILES string of the molecule is Cc1noc(C)c1NC(=O)Nc1ccc(N2CCN(C(c3ccc(F)cc3)c3ccc(F)cc3)CC2)c(F)c1. The predicted octanol–water partition coefficient (Wildman–Crippen LogP) is 6.26. The van der Waals surface area contributed by atoms with Crippen molar-refractivity contribution < 1.29 is 22.5 Å². The Morgan fingerprint density at radius 2 is 1.44 bits per heavy atom. The first kappa shape index (κ1) is 26.3. The van der Waals surface area contributed by atoms with Crippen LogP contribution in [-0.4, -0.2) is 42.3 Å². The molecule has 7 nitrogen and oxygen atoms in total. The molecular weight excluding hydrogens is 507 g/mol. The van der Waals surface area contributed by atoms with Gasteiger partial charge in [-0.15, -0.1) is 0 Å². The number of piperazine rings is 1. The van der Waals surface area contributed by atoms with Gasteiger partial charge in [-0.1, -0.05) is 29.4 Å². The summed E-state index contributed by atoms with van der Waals surface area (Å²) in [6.45, 7) is 5.72. The molecule has 5 rings (SSSR count). The average Bonchev–Trinajstić information content (AvgIpc) is 3.23. The van der Waals surface area contributed by atoms with Crippen LogP contribution < -0.4 is 15.5 Å². The minimum absolute atomic E-state index is 0.194. The van der Waals surface area contributed by atoms with Crippen LogP contribution in [0, 0.1) is 31.3 Å². The van der Waals surface area contributed by atoms with E-state index in [0.29, 0.717) is 54.7 Å². The Morgan fingerprint density at radius 1 is 0.846 bits per heavy atom. The van der Waals surface area contributed by atoms with Crippen molar-refractivity contribution in [3.63, 3.8) is 0 Å². The van der Waals surface area contributed by atoms with Crippen molar-refractivity contribution in [2.45, 2.75) is 19.9 Å². The molecule has 1 aliphatic rings. The van der Waals surface area contributed by atoms with Crippen LogP contribution in [0.3, 0.4) is 0 Å². The number of carbonyl (C=O) groups excluding carboxylic acids is 1. The van der Waals surface area contributed by atoms with Gasteiger partial charge in [0.2, 0.25) is 0 Å². The van der Waals surface area contributed by atoms with E-state index in [1.807, 2.05) is 4.90 Å². The average molecular weight is 536 g/mol. The molecule has 0 radical (unpaired) electrons. The second-order valence-corrected chi connectivity index (χ2v) is 9.47. The molecule has 0 saturated carbocycles. The molecule has 0 unspecified atom stereocenters. The van der Waals surface area contributed by atoms with Gasteiger partial charge in [0, 0.05) is 31.9 Å². The Kier molecular flexibility index (Phi) is 7.56. The summed E-state index contributed by atoms with van der Waals surface area (Å²) in [6, 6.07) is 16.5. The molecule has 1 saturated heterocycles. The lowest BCUT2D eigenvalue weighted by Gasteiger charge is -2.40. The van der Waals surface area contributed by atoms with Crippen molar-refractivity contribution in [1.29, 1.82) is 0 Å². The van der Waals surface area contributed by atoms with Crippen molar-refractivity contribution in [3.8, 4) is 0 Å². The van der Waals surface area contributed by atoms with Gasteiger partial charge in [0.05, 0.1) is 11.7 Å². The molecule has 0 spiro atoms. The first-order chi connectivity index (χ1) is 18.8. The second-order valence-electron chi connectivity index (χ2n) is 9.47. The van der Waals surface area contributed by atoms with Crippen LogP contribution in [0.15, 0.2) is 71.3 Å². The van der Waals surface area contributed by atoms with Gasteiger partial charge in [0.1, 0.15) is 28.8 Å². The van der Waals surface area contributed by atoms with Crippen molar-refractivity contribution >= 4 is 23.1 Å². The molecule has 0 atom stereocenters. The number of benzene rings is 3. The predicted molar refractivity (Wildman–Crippen MR) is 143 cm³/mol. The maximum Gasteiger partial charge on any atom is 0.323 e. The number of amides is 2. The van der Waals surface area contributed by atoms with Crippen molar-refractivity contribution in [1.82, 2.24) is 10.1 Å².